The molecule has 11 nitrogen and oxygen atoms in total. The summed E-state index contributed by atoms with van der Waals surface area (Å²) in [6.45, 7) is 9.78. The van der Waals surface area contributed by atoms with Crippen molar-refractivity contribution < 1.29 is 19.5 Å². The zero-order valence-electron chi connectivity index (χ0n) is 30.0. The molecule has 0 bridgehead atoms. The number of nitrogens with one attached hydrogen (secondary N) is 1. The van der Waals surface area contributed by atoms with Crippen LogP contribution in [-0.4, -0.2) is 81.3 Å². The fourth-order valence-electron chi connectivity index (χ4n) is 6.70. The predicted octanol–water partition coefficient (Wildman–Crippen LogP) is 4.81. The summed E-state index contributed by atoms with van der Waals surface area (Å²) >= 11 is 0. The maximum absolute atomic E-state index is 13.7. The number of nitrogens with zero attached hydrogens (tertiary/aromatic N) is 6. The molecule has 3 heterocycles. The molecular formula is C39H49N7O4Si. The van der Waals surface area contributed by atoms with Crippen molar-refractivity contribution in [3.05, 3.63) is 107 Å². The highest BCUT2D eigenvalue weighted by molar-refractivity contribution is 6.56. The number of aliphatic hydroxyl groups excluding tert-OH is 2. The Kier molecular flexibility index (Phi) is 11.8. The van der Waals surface area contributed by atoms with Gasteiger partial charge in [0.1, 0.15) is 6.23 Å². The zero-order chi connectivity index (χ0) is 35.9. The van der Waals surface area contributed by atoms with E-state index >= 15 is 0 Å². The molecule has 3 aromatic carbocycles. The standard InChI is InChI=1S/C39H49N7O4Si/c1-5-7-19-44(20-8-6-2)39(49)35-21-26(3)46(41-35)36-18-15-31(43-51-33-16-13-28(14-17-33)37-40-27(4)50-42-37)23-34(36)38(48)45-24-30-12-10-9-11-29(30)22-32(45)25-47/h9-18,21,23,32,38,43,47-48H,5-8,19-20,22,24-25,51H2,1-4H3. The first-order chi connectivity index (χ1) is 24.8. The minimum Gasteiger partial charge on any atom is -0.412 e. The van der Waals surface area contributed by atoms with Crippen LogP contribution in [0.4, 0.5) is 5.69 Å². The van der Waals surface area contributed by atoms with Gasteiger partial charge in [0.15, 0.2) is 15.4 Å². The third kappa shape index (κ3) is 8.31. The van der Waals surface area contributed by atoms with E-state index in [0.717, 1.165) is 48.2 Å². The van der Waals surface area contributed by atoms with Crippen LogP contribution in [0.25, 0.3) is 17.1 Å². The lowest BCUT2D eigenvalue weighted by Gasteiger charge is -2.39. The number of carbonyl (C=O) groups excluding carboxylic acids is 1. The zero-order valence-corrected chi connectivity index (χ0v) is 31.5. The molecular weight excluding hydrogens is 659 g/mol. The lowest BCUT2D eigenvalue weighted by molar-refractivity contribution is -0.0529. The van der Waals surface area contributed by atoms with Gasteiger partial charge in [-0.15, -0.1) is 0 Å². The molecule has 3 N–H and O–H groups in total. The molecule has 1 aliphatic rings. The molecule has 0 radical (unpaired) electrons. The summed E-state index contributed by atoms with van der Waals surface area (Å²) in [5.74, 6) is 1.02. The Bertz CT molecular complexity index is 1920. The molecule has 0 saturated carbocycles. The van der Waals surface area contributed by atoms with Gasteiger partial charge < -0.3 is 24.6 Å². The Morgan fingerprint density at radius 1 is 1.02 bits per heavy atom. The first-order valence-electron chi connectivity index (χ1n) is 18.0. The van der Waals surface area contributed by atoms with Gasteiger partial charge in [-0.2, -0.15) is 10.1 Å². The van der Waals surface area contributed by atoms with E-state index in [9.17, 15) is 15.0 Å². The highest BCUT2D eigenvalue weighted by Gasteiger charge is 2.33. The Balaban J connectivity index is 1.31. The van der Waals surface area contributed by atoms with Crippen LogP contribution in [0, 0.1) is 13.8 Å². The monoisotopic (exact) mass is 707 g/mol. The maximum Gasteiger partial charge on any atom is 0.274 e. The maximum atomic E-state index is 13.7. The van der Waals surface area contributed by atoms with Crippen LogP contribution in [0.2, 0.25) is 0 Å². The second-order valence-electron chi connectivity index (χ2n) is 13.4. The predicted molar refractivity (Wildman–Crippen MR) is 202 cm³/mol. The van der Waals surface area contributed by atoms with E-state index in [-0.39, 0.29) is 18.6 Å². The van der Waals surface area contributed by atoms with Crippen molar-refractivity contribution in [2.45, 2.75) is 78.6 Å². The highest BCUT2D eigenvalue weighted by atomic mass is 28.2. The summed E-state index contributed by atoms with van der Waals surface area (Å²) in [6.07, 6.45) is 3.49. The quantitative estimate of drug-likeness (QED) is 0.131. The number of rotatable bonds is 15. The van der Waals surface area contributed by atoms with E-state index < -0.39 is 15.9 Å². The number of fused-ring (bicyclic) bond motifs is 1. The van der Waals surface area contributed by atoms with Gasteiger partial charge in [-0.05, 0) is 66.8 Å². The molecule has 2 aromatic heterocycles. The number of carbonyl (C=O) groups is 1. The largest absolute Gasteiger partial charge is 0.412 e. The normalized spacial score (nSPS) is 15.3. The third-order valence-electron chi connectivity index (χ3n) is 9.65. The molecule has 1 aliphatic heterocycles. The smallest absolute Gasteiger partial charge is 0.274 e. The Morgan fingerprint density at radius 2 is 1.75 bits per heavy atom. The minimum atomic E-state index is -1.04. The van der Waals surface area contributed by atoms with E-state index in [1.807, 2.05) is 65.3 Å². The number of unbranched alkanes of at least 4 members (excludes halogenated alkanes) is 2. The molecule has 2 unspecified atom stereocenters. The summed E-state index contributed by atoms with van der Waals surface area (Å²) in [6, 6.07) is 23.9. The van der Waals surface area contributed by atoms with Crippen LogP contribution in [0.15, 0.2) is 77.3 Å². The topological polar surface area (TPSA) is 133 Å². The van der Waals surface area contributed by atoms with Crippen LogP contribution < -0.4 is 10.2 Å². The third-order valence-corrected chi connectivity index (χ3v) is 11.1. The van der Waals surface area contributed by atoms with E-state index in [4.69, 9.17) is 9.62 Å². The van der Waals surface area contributed by atoms with Gasteiger partial charge in [-0.1, -0.05) is 80.4 Å². The second kappa shape index (κ2) is 16.6. The molecule has 0 fully saturated rings. The molecule has 0 saturated heterocycles. The van der Waals surface area contributed by atoms with Crippen molar-refractivity contribution in [3.8, 4) is 17.1 Å². The average molecular weight is 708 g/mol. The van der Waals surface area contributed by atoms with Gasteiger partial charge in [0.05, 0.1) is 12.3 Å². The first kappa shape index (κ1) is 36.2. The first-order valence-corrected chi connectivity index (χ1v) is 19.5. The van der Waals surface area contributed by atoms with Crippen LogP contribution in [0.1, 0.15) is 84.5 Å². The molecule has 5 aromatic rings. The van der Waals surface area contributed by atoms with E-state index in [1.54, 1.807) is 11.6 Å². The highest BCUT2D eigenvalue weighted by Crippen LogP contribution is 2.34. The number of anilines is 1. The van der Waals surface area contributed by atoms with Crippen molar-refractivity contribution in [2.24, 2.45) is 0 Å². The number of hydrogen-bond donors (Lipinski definition) is 3. The molecule has 268 valence electrons. The number of amides is 1. The number of benzene rings is 3. The molecule has 2 atom stereocenters. The molecule has 51 heavy (non-hydrogen) atoms. The van der Waals surface area contributed by atoms with Gasteiger partial charge in [-0.3, -0.25) is 9.69 Å². The van der Waals surface area contributed by atoms with Crippen LogP contribution in [0.3, 0.4) is 0 Å². The van der Waals surface area contributed by atoms with Gasteiger partial charge in [0.25, 0.3) is 5.91 Å². The van der Waals surface area contributed by atoms with E-state index in [1.165, 1.54) is 10.8 Å². The van der Waals surface area contributed by atoms with Gasteiger partial charge in [0.2, 0.25) is 11.7 Å². The molecule has 6 rings (SSSR count). The van der Waals surface area contributed by atoms with Gasteiger partial charge in [0, 0.05) is 55.1 Å². The molecule has 0 spiro atoms. The second-order valence-corrected chi connectivity index (χ2v) is 14.9. The summed E-state index contributed by atoms with van der Waals surface area (Å²) in [5, 5.41) is 32.8. The van der Waals surface area contributed by atoms with E-state index in [0.29, 0.717) is 54.7 Å². The van der Waals surface area contributed by atoms with Crippen LogP contribution in [0.5, 0.6) is 0 Å². The van der Waals surface area contributed by atoms with Crippen LogP contribution in [-0.2, 0) is 13.0 Å². The molecule has 0 aliphatic carbocycles. The lowest BCUT2D eigenvalue weighted by Crippen LogP contribution is -2.45. The molecule has 1 amide bonds. The number of hydrogen-bond acceptors (Lipinski definition) is 9. The van der Waals surface area contributed by atoms with Crippen molar-refractivity contribution in [1.82, 2.24) is 29.7 Å². The fraction of sp³-hybridized carbons (Fsp3) is 0.385. The Hall–Kier alpha value is -4.62. The summed E-state index contributed by atoms with van der Waals surface area (Å²) in [5.41, 5.74) is 6.62. The summed E-state index contributed by atoms with van der Waals surface area (Å²) in [7, 11) is -0.953. The lowest BCUT2D eigenvalue weighted by atomic mass is 9.93. The SMILES string of the molecule is CCCCN(CCCC)C(=O)c1cc(C)n(-c2ccc(N[SiH2]c3ccc(-c4noc(C)n4)cc3)cc2C(O)N2Cc3ccccc3CC2CO)n1. The average Bonchev–Trinajstić information content (AvgIpc) is 3.78. The van der Waals surface area contributed by atoms with Crippen molar-refractivity contribution >= 4 is 26.5 Å². The summed E-state index contributed by atoms with van der Waals surface area (Å²) < 4.78 is 6.91. The fourth-order valence-corrected chi connectivity index (χ4v) is 7.80. The summed E-state index contributed by atoms with van der Waals surface area (Å²) in [4.78, 5) is 25.6. The molecule has 12 heteroatoms. The van der Waals surface area contributed by atoms with Gasteiger partial charge in [-0.25, -0.2) is 4.68 Å². The van der Waals surface area contributed by atoms with E-state index in [2.05, 4.69) is 53.2 Å². The van der Waals surface area contributed by atoms with Crippen molar-refractivity contribution in [3.63, 3.8) is 0 Å². The number of aryl methyl sites for hydroxylation is 2. The van der Waals surface area contributed by atoms with Gasteiger partial charge >= 0.3 is 0 Å². The number of aromatic nitrogens is 4. The van der Waals surface area contributed by atoms with Crippen molar-refractivity contribution in [2.75, 3.05) is 24.7 Å². The van der Waals surface area contributed by atoms with Crippen molar-refractivity contribution in [1.29, 1.82) is 0 Å². The van der Waals surface area contributed by atoms with Crippen LogP contribution >= 0.6 is 0 Å². The Morgan fingerprint density at radius 3 is 2.41 bits per heavy atom. The Labute approximate surface area is 302 Å². The number of aliphatic hydroxyl groups is 2. The minimum absolute atomic E-state index is 0.0707.